The number of ether oxygens (including phenoxy) is 1. The van der Waals surface area contributed by atoms with Crippen LogP contribution in [0.2, 0.25) is 0 Å². The van der Waals surface area contributed by atoms with Crippen molar-refractivity contribution in [2.45, 2.75) is 13.1 Å². The fourth-order valence-corrected chi connectivity index (χ4v) is 3.03. The third-order valence-corrected chi connectivity index (χ3v) is 4.40. The summed E-state index contributed by atoms with van der Waals surface area (Å²) < 4.78 is 12.6. The maximum Gasteiger partial charge on any atom is 0.336 e. The molecule has 0 N–H and O–H groups in total. The van der Waals surface area contributed by atoms with Gasteiger partial charge in [-0.15, -0.1) is 5.10 Å². The standard InChI is InChI=1S/C20H16N6O3/c27-20-8-6-14-5-7-16(11-19(14)29-20)28-10-9-25-12-15(21-24-25)13-26-22-17-3-1-2-4-18(17)23-26/h1-8,11-12H,9-10,13H2. The molecule has 0 bridgehead atoms. The molecule has 0 aliphatic heterocycles. The lowest BCUT2D eigenvalue weighted by atomic mass is 10.2. The number of hydrogen-bond acceptors (Lipinski definition) is 7. The number of hydrogen-bond donors (Lipinski definition) is 0. The summed E-state index contributed by atoms with van der Waals surface area (Å²) in [6, 6.07) is 16.2. The van der Waals surface area contributed by atoms with E-state index >= 15 is 0 Å². The van der Waals surface area contributed by atoms with E-state index in [9.17, 15) is 4.79 Å². The van der Waals surface area contributed by atoms with E-state index in [1.165, 1.54) is 6.07 Å². The minimum atomic E-state index is -0.385. The van der Waals surface area contributed by atoms with Crippen molar-refractivity contribution in [3.05, 3.63) is 76.9 Å². The van der Waals surface area contributed by atoms with Gasteiger partial charge in [0, 0.05) is 17.5 Å². The molecule has 3 aromatic heterocycles. The molecule has 0 radical (unpaired) electrons. The van der Waals surface area contributed by atoms with Crippen molar-refractivity contribution in [2.75, 3.05) is 6.61 Å². The molecule has 5 aromatic rings. The van der Waals surface area contributed by atoms with Gasteiger partial charge in [0.15, 0.2) is 0 Å². The Morgan fingerprint density at radius 3 is 2.62 bits per heavy atom. The van der Waals surface area contributed by atoms with Gasteiger partial charge in [-0.05, 0) is 30.3 Å². The van der Waals surface area contributed by atoms with Crippen LogP contribution in [0.5, 0.6) is 5.75 Å². The molecule has 5 rings (SSSR count). The molecule has 0 aliphatic carbocycles. The minimum Gasteiger partial charge on any atom is -0.492 e. The van der Waals surface area contributed by atoms with Crippen molar-refractivity contribution in [1.82, 2.24) is 30.0 Å². The number of nitrogens with zero attached hydrogens (tertiary/aromatic N) is 6. The molecule has 144 valence electrons. The zero-order valence-electron chi connectivity index (χ0n) is 15.3. The third kappa shape index (κ3) is 3.70. The van der Waals surface area contributed by atoms with Crippen LogP contribution in [0.4, 0.5) is 0 Å². The Labute approximate surface area is 164 Å². The Morgan fingerprint density at radius 1 is 1.00 bits per heavy atom. The topological polar surface area (TPSA) is 101 Å². The van der Waals surface area contributed by atoms with E-state index in [1.807, 2.05) is 42.6 Å². The molecular formula is C20H16N6O3. The van der Waals surface area contributed by atoms with E-state index in [1.54, 1.807) is 21.6 Å². The summed E-state index contributed by atoms with van der Waals surface area (Å²) in [5, 5.41) is 18.0. The fraction of sp³-hybridized carbons (Fsp3) is 0.150. The van der Waals surface area contributed by atoms with Gasteiger partial charge in [-0.3, -0.25) is 0 Å². The molecule has 0 spiro atoms. The zero-order chi connectivity index (χ0) is 19.6. The normalized spacial score (nSPS) is 11.3. The lowest BCUT2D eigenvalue weighted by Gasteiger charge is -2.06. The summed E-state index contributed by atoms with van der Waals surface area (Å²) in [4.78, 5) is 13.0. The lowest BCUT2D eigenvalue weighted by molar-refractivity contribution is 0.289. The predicted octanol–water partition coefficient (Wildman–Crippen LogP) is 2.26. The molecule has 29 heavy (non-hydrogen) atoms. The van der Waals surface area contributed by atoms with E-state index < -0.39 is 0 Å². The summed E-state index contributed by atoms with van der Waals surface area (Å²) in [5.74, 6) is 0.625. The number of benzene rings is 2. The molecule has 2 aromatic carbocycles. The first-order chi connectivity index (χ1) is 14.2. The molecule has 0 amide bonds. The summed E-state index contributed by atoms with van der Waals surface area (Å²) in [5.41, 5.74) is 2.57. The highest BCUT2D eigenvalue weighted by atomic mass is 16.5. The van der Waals surface area contributed by atoms with Gasteiger partial charge in [0.05, 0.1) is 12.7 Å². The van der Waals surface area contributed by atoms with E-state index in [4.69, 9.17) is 9.15 Å². The van der Waals surface area contributed by atoms with Crippen LogP contribution in [0, 0.1) is 0 Å². The van der Waals surface area contributed by atoms with Gasteiger partial charge in [0.2, 0.25) is 0 Å². The van der Waals surface area contributed by atoms with Crippen molar-refractivity contribution < 1.29 is 9.15 Å². The van der Waals surface area contributed by atoms with Crippen molar-refractivity contribution in [1.29, 1.82) is 0 Å². The smallest absolute Gasteiger partial charge is 0.336 e. The average Bonchev–Trinajstić information content (AvgIpc) is 3.34. The van der Waals surface area contributed by atoms with Crippen LogP contribution in [-0.4, -0.2) is 36.6 Å². The Hall–Kier alpha value is -4.01. The molecular weight excluding hydrogens is 372 g/mol. The van der Waals surface area contributed by atoms with Crippen molar-refractivity contribution in [2.24, 2.45) is 0 Å². The quantitative estimate of drug-likeness (QED) is 0.411. The fourth-order valence-electron chi connectivity index (χ4n) is 3.03. The number of fused-ring (bicyclic) bond motifs is 2. The van der Waals surface area contributed by atoms with Gasteiger partial charge in [-0.25, -0.2) is 9.48 Å². The van der Waals surface area contributed by atoms with E-state index in [-0.39, 0.29) is 5.63 Å². The largest absolute Gasteiger partial charge is 0.492 e. The van der Waals surface area contributed by atoms with Gasteiger partial charge in [0.1, 0.15) is 41.2 Å². The molecule has 9 heteroatoms. The molecule has 9 nitrogen and oxygen atoms in total. The Balaban J connectivity index is 1.21. The summed E-state index contributed by atoms with van der Waals surface area (Å²) >= 11 is 0. The Bertz CT molecular complexity index is 1320. The summed E-state index contributed by atoms with van der Waals surface area (Å²) in [6.07, 6.45) is 1.84. The minimum absolute atomic E-state index is 0.385. The van der Waals surface area contributed by atoms with Gasteiger partial charge in [-0.1, -0.05) is 17.3 Å². The van der Waals surface area contributed by atoms with Crippen LogP contribution < -0.4 is 10.4 Å². The highest BCUT2D eigenvalue weighted by Crippen LogP contribution is 2.19. The van der Waals surface area contributed by atoms with Crippen LogP contribution in [0.3, 0.4) is 0 Å². The molecule has 0 aliphatic rings. The monoisotopic (exact) mass is 388 g/mol. The van der Waals surface area contributed by atoms with Gasteiger partial charge in [-0.2, -0.15) is 15.0 Å². The van der Waals surface area contributed by atoms with E-state index in [0.29, 0.717) is 31.0 Å². The molecule has 0 atom stereocenters. The molecule has 0 unspecified atom stereocenters. The highest BCUT2D eigenvalue weighted by Gasteiger charge is 2.06. The number of rotatable bonds is 6. The SMILES string of the molecule is O=c1ccc2ccc(OCCn3cc(Cn4nc5ccccc5n4)nn3)cc2o1. The van der Waals surface area contributed by atoms with E-state index in [2.05, 4.69) is 20.5 Å². The van der Waals surface area contributed by atoms with Crippen molar-refractivity contribution >= 4 is 22.0 Å². The average molecular weight is 388 g/mol. The summed E-state index contributed by atoms with van der Waals surface area (Å²) in [7, 11) is 0. The zero-order valence-corrected chi connectivity index (χ0v) is 15.3. The van der Waals surface area contributed by atoms with Crippen molar-refractivity contribution in [3.63, 3.8) is 0 Å². The first-order valence-electron chi connectivity index (χ1n) is 9.08. The predicted molar refractivity (Wildman–Crippen MR) is 105 cm³/mol. The third-order valence-electron chi connectivity index (χ3n) is 4.40. The molecule has 0 fully saturated rings. The van der Waals surface area contributed by atoms with Crippen LogP contribution in [0.1, 0.15) is 5.69 Å². The van der Waals surface area contributed by atoms with Crippen LogP contribution in [0.15, 0.2) is 70.0 Å². The second-order valence-corrected chi connectivity index (χ2v) is 6.49. The first-order valence-corrected chi connectivity index (χ1v) is 9.08. The Morgan fingerprint density at radius 2 is 1.79 bits per heavy atom. The Kier molecular flexibility index (Phi) is 4.24. The van der Waals surface area contributed by atoms with Gasteiger partial charge >= 0.3 is 5.63 Å². The maximum absolute atomic E-state index is 11.3. The second kappa shape index (κ2) is 7.19. The highest BCUT2D eigenvalue weighted by molar-refractivity contribution is 5.77. The number of aromatic nitrogens is 6. The molecule has 3 heterocycles. The van der Waals surface area contributed by atoms with Crippen molar-refractivity contribution in [3.8, 4) is 5.75 Å². The lowest BCUT2D eigenvalue weighted by Crippen LogP contribution is -2.09. The van der Waals surface area contributed by atoms with Crippen LogP contribution in [0.25, 0.3) is 22.0 Å². The first kappa shape index (κ1) is 17.1. The van der Waals surface area contributed by atoms with Crippen LogP contribution in [-0.2, 0) is 13.1 Å². The maximum atomic E-state index is 11.3. The molecule has 0 saturated carbocycles. The van der Waals surface area contributed by atoms with Gasteiger partial charge < -0.3 is 9.15 Å². The second-order valence-electron chi connectivity index (χ2n) is 6.49. The van der Waals surface area contributed by atoms with E-state index in [0.717, 1.165) is 22.1 Å². The molecule has 0 saturated heterocycles. The van der Waals surface area contributed by atoms with Gasteiger partial charge in [0.25, 0.3) is 0 Å². The summed E-state index contributed by atoms with van der Waals surface area (Å²) in [6.45, 7) is 1.37. The van der Waals surface area contributed by atoms with Crippen LogP contribution >= 0.6 is 0 Å².